The number of carbonyl (C=O) groups excluding carboxylic acids is 1. The van der Waals surface area contributed by atoms with Crippen molar-refractivity contribution < 1.29 is 4.79 Å². The summed E-state index contributed by atoms with van der Waals surface area (Å²) in [4.78, 5) is 14.0. The minimum atomic E-state index is -0.0929. The van der Waals surface area contributed by atoms with Crippen molar-refractivity contribution in [3.63, 3.8) is 0 Å². The Balaban J connectivity index is 1.58. The molecule has 128 valence electrons. The molecule has 1 amide bonds. The van der Waals surface area contributed by atoms with E-state index in [2.05, 4.69) is 15.0 Å². The van der Waals surface area contributed by atoms with Crippen LogP contribution in [-0.4, -0.2) is 38.7 Å². The maximum Gasteiger partial charge on any atom is 0.238 e. The molecule has 6 nitrogen and oxygen atoms in total. The zero-order chi connectivity index (χ0) is 17.3. The topological polar surface area (TPSA) is 55.1 Å². The molecule has 8 heteroatoms. The first-order chi connectivity index (χ1) is 11.4. The van der Waals surface area contributed by atoms with E-state index in [9.17, 15) is 4.79 Å². The van der Waals surface area contributed by atoms with Crippen molar-refractivity contribution in [3.05, 3.63) is 39.9 Å². The number of hydrogen-bond acceptors (Lipinski definition) is 4. The van der Waals surface area contributed by atoms with Gasteiger partial charge in [-0.2, -0.15) is 5.10 Å². The van der Waals surface area contributed by atoms with E-state index >= 15 is 0 Å². The number of aryl methyl sites for hydroxylation is 1. The molecular weight excluding hydrogens is 346 g/mol. The summed E-state index contributed by atoms with van der Waals surface area (Å²) in [5.74, 6) is 0.839. The molecule has 0 saturated heterocycles. The normalized spacial score (nSPS) is 14.2. The number of anilines is 1. The highest BCUT2D eigenvalue weighted by Gasteiger charge is 2.27. The molecule has 0 bridgehead atoms. The molecule has 1 aliphatic rings. The molecule has 0 atom stereocenters. The van der Waals surface area contributed by atoms with Crippen LogP contribution < -0.4 is 5.32 Å². The van der Waals surface area contributed by atoms with Crippen LogP contribution in [0.25, 0.3) is 0 Å². The van der Waals surface area contributed by atoms with Crippen LogP contribution in [0.2, 0.25) is 5.02 Å². The van der Waals surface area contributed by atoms with Crippen LogP contribution in [-0.2, 0) is 11.5 Å². The van der Waals surface area contributed by atoms with Gasteiger partial charge in [-0.25, -0.2) is 4.68 Å². The second kappa shape index (κ2) is 7.04. The van der Waals surface area contributed by atoms with Gasteiger partial charge in [0, 0.05) is 16.8 Å². The number of nitrogens with zero attached hydrogens (tertiary/aromatic N) is 4. The van der Waals surface area contributed by atoms with Gasteiger partial charge in [0.2, 0.25) is 5.91 Å². The third-order valence-electron chi connectivity index (χ3n) is 3.87. The standard InChI is InChI=1S/C16H20ClN5OS/c1-11-19-21(16(24)22(11)14-7-8-14)10-20(2)9-15(23)18-13-5-3-12(17)4-6-13/h3-6,14H,7-10H2,1-2H3,(H,18,23). The summed E-state index contributed by atoms with van der Waals surface area (Å²) in [6.07, 6.45) is 2.33. The highest BCUT2D eigenvalue weighted by atomic mass is 35.5. The van der Waals surface area contributed by atoms with Gasteiger partial charge < -0.3 is 9.88 Å². The lowest BCUT2D eigenvalue weighted by atomic mass is 10.3. The first-order valence-electron chi connectivity index (χ1n) is 7.84. The highest BCUT2D eigenvalue weighted by molar-refractivity contribution is 7.71. The van der Waals surface area contributed by atoms with E-state index in [0.717, 1.165) is 16.3 Å². The van der Waals surface area contributed by atoms with Crippen molar-refractivity contribution >= 4 is 35.4 Å². The predicted molar refractivity (Wildman–Crippen MR) is 96.8 cm³/mol. The molecule has 24 heavy (non-hydrogen) atoms. The van der Waals surface area contributed by atoms with E-state index in [0.29, 0.717) is 17.7 Å². The molecule has 2 aromatic rings. The van der Waals surface area contributed by atoms with Crippen LogP contribution in [0.5, 0.6) is 0 Å². The summed E-state index contributed by atoms with van der Waals surface area (Å²) in [5.41, 5.74) is 0.725. The zero-order valence-electron chi connectivity index (χ0n) is 13.7. The Labute approximate surface area is 151 Å². The summed E-state index contributed by atoms with van der Waals surface area (Å²) in [6.45, 7) is 2.70. The molecule has 1 saturated carbocycles. The molecule has 0 aliphatic heterocycles. The number of benzene rings is 1. The van der Waals surface area contributed by atoms with E-state index in [-0.39, 0.29) is 12.5 Å². The molecule has 1 fully saturated rings. The molecule has 1 aromatic heterocycles. The fourth-order valence-corrected chi connectivity index (χ4v) is 3.14. The summed E-state index contributed by atoms with van der Waals surface area (Å²) in [7, 11) is 1.87. The maximum atomic E-state index is 12.1. The Morgan fingerprint density at radius 1 is 1.42 bits per heavy atom. The largest absolute Gasteiger partial charge is 0.325 e. The lowest BCUT2D eigenvalue weighted by molar-refractivity contribution is -0.117. The minimum absolute atomic E-state index is 0.0929. The highest BCUT2D eigenvalue weighted by Crippen LogP contribution is 2.35. The second-order valence-electron chi connectivity index (χ2n) is 6.14. The number of nitrogens with one attached hydrogen (secondary N) is 1. The number of carbonyl (C=O) groups is 1. The van der Waals surface area contributed by atoms with Gasteiger partial charge in [0.25, 0.3) is 0 Å². The second-order valence-corrected chi connectivity index (χ2v) is 6.94. The Bertz CT molecular complexity index is 794. The van der Waals surface area contributed by atoms with E-state index < -0.39 is 0 Å². The number of halogens is 1. The lowest BCUT2D eigenvalue weighted by Gasteiger charge is -2.16. The van der Waals surface area contributed by atoms with Crippen molar-refractivity contribution in [2.24, 2.45) is 0 Å². The van der Waals surface area contributed by atoms with Gasteiger partial charge in [-0.3, -0.25) is 9.69 Å². The fourth-order valence-electron chi connectivity index (χ4n) is 2.63. The number of aromatic nitrogens is 3. The molecular formula is C16H20ClN5OS. The predicted octanol–water partition coefficient (Wildman–Crippen LogP) is 3.24. The van der Waals surface area contributed by atoms with Gasteiger partial charge in [0.1, 0.15) is 5.82 Å². The van der Waals surface area contributed by atoms with Crippen molar-refractivity contribution in [3.8, 4) is 0 Å². The number of hydrogen-bond donors (Lipinski definition) is 1. The van der Waals surface area contributed by atoms with Crippen LogP contribution in [0.4, 0.5) is 5.69 Å². The smallest absolute Gasteiger partial charge is 0.238 e. The zero-order valence-corrected chi connectivity index (χ0v) is 15.3. The van der Waals surface area contributed by atoms with Crippen molar-refractivity contribution in [2.75, 3.05) is 18.9 Å². The summed E-state index contributed by atoms with van der Waals surface area (Å²) in [5, 5.41) is 7.98. The van der Waals surface area contributed by atoms with Crippen molar-refractivity contribution in [1.29, 1.82) is 0 Å². The van der Waals surface area contributed by atoms with Crippen LogP contribution in [0.3, 0.4) is 0 Å². The molecule has 3 rings (SSSR count). The average molecular weight is 366 g/mol. The summed E-state index contributed by atoms with van der Waals surface area (Å²) in [6, 6.07) is 7.54. The molecule has 0 radical (unpaired) electrons. The van der Waals surface area contributed by atoms with Crippen molar-refractivity contribution in [2.45, 2.75) is 32.5 Å². The Kier molecular flexibility index (Phi) is 5.03. The van der Waals surface area contributed by atoms with Crippen LogP contribution in [0, 0.1) is 11.7 Å². The Morgan fingerprint density at radius 2 is 2.08 bits per heavy atom. The number of rotatable bonds is 6. The number of likely N-dealkylation sites (N-methyl/N-ethyl adjacent to an activating group) is 1. The average Bonchev–Trinajstić information content (AvgIpc) is 3.29. The molecule has 1 aliphatic carbocycles. The van der Waals surface area contributed by atoms with E-state index in [4.69, 9.17) is 23.8 Å². The first-order valence-corrected chi connectivity index (χ1v) is 8.62. The molecule has 1 heterocycles. The van der Waals surface area contributed by atoms with Crippen LogP contribution >= 0.6 is 23.8 Å². The van der Waals surface area contributed by atoms with Crippen LogP contribution in [0.15, 0.2) is 24.3 Å². The van der Waals surface area contributed by atoms with E-state index in [1.807, 2.05) is 18.9 Å². The summed E-state index contributed by atoms with van der Waals surface area (Å²) >= 11 is 11.3. The monoisotopic (exact) mass is 365 g/mol. The van der Waals surface area contributed by atoms with Crippen LogP contribution in [0.1, 0.15) is 24.7 Å². The Hall–Kier alpha value is -1.70. The van der Waals surface area contributed by atoms with E-state index in [1.54, 1.807) is 28.9 Å². The van der Waals surface area contributed by atoms with Gasteiger partial charge >= 0.3 is 0 Å². The SMILES string of the molecule is Cc1nn(CN(C)CC(=O)Nc2ccc(Cl)cc2)c(=S)n1C1CC1. The molecule has 1 aromatic carbocycles. The van der Waals surface area contributed by atoms with Gasteiger partial charge in [-0.1, -0.05) is 11.6 Å². The lowest BCUT2D eigenvalue weighted by Crippen LogP contribution is -2.32. The molecule has 1 N–H and O–H groups in total. The maximum absolute atomic E-state index is 12.1. The van der Waals surface area contributed by atoms with Gasteiger partial charge in [0.05, 0.1) is 13.2 Å². The number of amides is 1. The quantitative estimate of drug-likeness (QED) is 0.798. The molecule has 0 unspecified atom stereocenters. The third kappa shape index (κ3) is 4.03. The van der Waals surface area contributed by atoms with Crippen molar-refractivity contribution in [1.82, 2.24) is 19.2 Å². The van der Waals surface area contributed by atoms with Gasteiger partial charge in [-0.15, -0.1) is 0 Å². The fraction of sp³-hybridized carbons (Fsp3) is 0.438. The van der Waals surface area contributed by atoms with Gasteiger partial charge in [0.15, 0.2) is 4.77 Å². The first kappa shape index (κ1) is 17.1. The van der Waals surface area contributed by atoms with Gasteiger partial charge in [-0.05, 0) is 63.3 Å². The third-order valence-corrected chi connectivity index (χ3v) is 4.53. The Morgan fingerprint density at radius 3 is 2.71 bits per heavy atom. The summed E-state index contributed by atoms with van der Waals surface area (Å²) < 4.78 is 4.61. The van der Waals surface area contributed by atoms with E-state index in [1.165, 1.54) is 12.8 Å². The molecule has 0 spiro atoms. The minimum Gasteiger partial charge on any atom is -0.325 e.